The van der Waals surface area contributed by atoms with Crippen molar-refractivity contribution >= 4 is 27.2 Å². The first-order chi connectivity index (χ1) is 14.4. The molecule has 2 heterocycles. The number of nitrogens with two attached hydrogens (primary N) is 1. The SMILES string of the molecule is CN(c1ccc(C#N)c(-c2ccccc2OS(N)(=O)=O)n1)n1cnc2ccccc21. The van der Waals surface area contributed by atoms with Crippen LogP contribution in [0.1, 0.15) is 5.56 Å². The minimum Gasteiger partial charge on any atom is -0.370 e. The zero-order valence-electron chi connectivity index (χ0n) is 15.8. The molecule has 0 aliphatic heterocycles. The Morgan fingerprint density at radius 1 is 1.10 bits per heavy atom. The van der Waals surface area contributed by atoms with Crippen LogP contribution in [-0.4, -0.2) is 30.1 Å². The van der Waals surface area contributed by atoms with Crippen LogP contribution >= 0.6 is 0 Å². The molecule has 0 aliphatic carbocycles. The minimum absolute atomic E-state index is 0.0168. The van der Waals surface area contributed by atoms with Gasteiger partial charge in [-0.15, -0.1) is 0 Å². The van der Waals surface area contributed by atoms with E-state index < -0.39 is 10.3 Å². The molecule has 0 fully saturated rings. The summed E-state index contributed by atoms with van der Waals surface area (Å²) in [4.78, 5) is 8.98. The molecule has 10 heteroatoms. The molecule has 0 saturated heterocycles. The first-order valence-electron chi connectivity index (χ1n) is 8.76. The number of para-hydroxylation sites is 3. The first-order valence-corrected chi connectivity index (χ1v) is 10.2. The minimum atomic E-state index is -4.25. The maximum Gasteiger partial charge on any atom is 0.380 e. The molecule has 0 unspecified atom stereocenters. The Kier molecular flexibility index (Phi) is 4.83. The molecule has 2 aromatic heterocycles. The van der Waals surface area contributed by atoms with E-state index in [1.165, 1.54) is 6.07 Å². The second-order valence-corrected chi connectivity index (χ2v) is 7.50. The van der Waals surface area contributed by atoms with E-state index in [1.54, 1.807) is 48.7 Å². The molecule has 2 N–H and O–H groups in total. The van der Waals surface area contributed by atoms with Crippen LogP contribution in [0.2, 0.25) is 0 Å². The lowest BCUT2D eigenvalue weighted by molar-refractivity contribution is 0.488. The van der Waals surface area contributed by atoms with Gasteiger partial charge >= 0.3 is 10.3 Å². The Morgan fingerprint density at radius 2 is 1.83 bits per heavy atom. The maximum atomic E-state index is 11.4. The summed E-state index contributed by atoms with van der Waals surface area (Å²) >= 11 is 0. The molecule has 30 heavy (non-hydrogen) atoms. The van der Waals surface area contributed by atoms with Gasteiger partial charge in [-0.05, 0) is 36.4 Å². The van der Waals surface area contributed by atoms with Crippen molar-refractivity contribution in [3.05, 3.63) is 72.6 Å². The van der Waals surface area contributed by atoms with Crippen LogP contribution in [0.3, 0.4) is 0 Å². The summed E-state index contributed by atoms with van der Waals surface area (Å²) in [6.45, 7) is 0. The smallest absolute Gasteiger partial charge is 0.370 e. The monoisotopic (exact) mass is 420 g/mol. The van der Waals surface area contributed by atoms with E-state index in [9.17, 15) is 13.7 Å². The Hall–Kier alpha value is -3.94. The van der Waals surface area contributed by atoms with E-state index in [2.05, 4.69) is 16.0 Å². The van der Waals surface area contributed by atoms with E-state index in [-0.39, 0.29) is 17.0 Å². The molecular weight excluding hydrogens is 404 g/mol. The lowest BCUT2D eigenvalue weighted by Crippen LogP contribution is -2.24. The van der Waals surface area contributed by atoms with E-state index in [0.29, 0.717) is 11.4 Å². The van der Waals surface area contributed by atoms with E-state index in [1.807, 2.05) is 28.9 Å². The van der Waals surface area contributed by atoms with Crippen molar-refractivity contribution in [3.63, 3.8) is 0 Å². The quantitative estimate of drug-likeness (QED) is 0.525. The fourth-order valence-electron chi connectivity index (χ4n) is 3.08. The van der Waals surface area contributed by atoms with Gasteiger partial charge in [0.2, 0.25) is 0 Å². The van der Waals surface area contributed by atoms with Crippen molar-refractivity contribution in [2.24, 2.45) is 5.14 Å². The van der Waals surface area contributed by atoms with E-state index in [0.717, 1.165) is 11.0 Å². The summed E-state index contributed by atoms with van der Waals surface area (Å²) < 4.78 is 29.6. The number of aromatic nitrogens is 3. The van der Waals surface area contributed by atoms with Gasteiger partial charge in [-0.25, -0.2) is 14.6 Å². The standard InChI is InChI=1S/C20H16N6O3S/c1-25(26-13-23-16-7-3-4-8-17(16)26)19-11-10-14(12-21)20(24-19)15-6-2-5-9-18(15)29-30(22,27)28/h2-11,13H,1H3,(H2,22,27,28). The zero-order valence-corrected chi connectivity index (χ0v) is 16.6. The molecule has 0 spiro atoms. The second-order valence-electron chi connectivity index (χ2n) is 6.35. The van der Waals surface area contributed by atoms with Crippen molar-refractivity contribution in [2.45, 2.75) is 0 Å². The van der Waals surface area contributed by atoms with Crippen LogP contribution in [0.25, 0.3) is 22.3 Å². The highest BCUT2D eigenvalue weighted by molar-refractivity contribution is 7.84. The summed E-state index contributed by atoms with van der Waals surface area (Å²) in [6, 6.07) is 19.4. The highest BCUT2D eigenvalue weighted by Crippen LogP contribution is 2.33. The van der Waals surface area contributed by atoms with Gasteiger partial charge in [0.25, 0.3) is 0 Å². The molecule has 0 aliphatic rings. The van der Waals surface area contributed by atoms with Crippen LogP contribution in [-0.2, 0) is 10.3 Å². The zero-order chi connectivity index (χ0) is 21.3. The lowest BCUT2D eigenvalue weighted by Gasteiger charge is -2.21. The third-order valence-corrected chi connectivity index (χ3v) is 4.85. The van der Waals surface area contributed by atoms with Crippen molar-refractivity contribution in [1.29, 1.82) is 5.26 Å². The number of imidazole rings is 1. The Labute approximate surface area is 172 Å². The van der Waals surface area contributed by atoms with Crippen LogP contribution in [0.15, 0.2) is 67.0 Å². The summed E-state index contributed by atoms with van der Waals surface area (Å²) in [7, 11) is -2.44. The fourth-order valence-corrected chi connectivity index (χ4v) is 3.48. The molecule has 0 atom stereocenters. The van der Waals surface area contributed by atoms with Gasteiger partial charge in [-0.1, -0.05) is 24.3 Å². The maximum absolute atomic E-state index is 11.4. The average Bonchev–Trinajstić information content (AvgIpc) is 3.16. The average molecular weight is 420 g/mol. The lowest BCUT2D eigenvalue weighted by atomic mass is 10.1. The molecule has 0 bridgehead atoms. The van der Waals surface area contributed by atoms with E-state index in [4.69, 9.17) is 9.32 Å². The number of pyridine rings is 1. The van der Waals surface area contributed by atoms with Crippen molar-refractivity contribution in [3.8, 4) is 23.1 Å². The topological polar surface area (TPSA) is 127 Å². The molecule has 9 nitrogen and oxygen atoms in total. The third-order valence-electron chi connectivity index (χ3n) is 4.44. The molecular formula is C20H16N6O3S. The van der Waals surface area contributed by atoms with Gasteiger partial charge in [0.05, 0.1) is 22.3 Å². The number of nitriles is 1. The molecule has 0 saturated carbocycles. The van der Waals surface area contributed by atoms with Crippen molar-refractivity contribution in [1.82, 2.24) is 14.6 Å². The molecule has 2 aromatic carbocycles. The summed E-state index contributed by atoms with van der Waals surface area (Å²) in [5.41, 5.74) is 2.56. The summed E-state index contributed by atoms with van der Waals surface area (Å²) in [5, 5.41) is 16.3. The van der Waals surface area contributed by atoms with Gasteiger partial charge in [-0.3, -0.25) is 5.01 Å². The number of hydrogen-bond donors (Lipinski definition) is 1. The van der Waals surface area contributed by atoms with Gasteiger partial charge in [0.1, 0.15) is 18.2 Å². The van der Waals surface area contributed by atoms with Crippen LogP contribution in [0.5, 0.6) is 5.75 Å². The predicted molar refractivity (Wildman–Crippen MR) is 112 cm³/mol. The Bertz CT molecular complexity index is 1390. The Morgan fingerprint density at radius 3 is 2.60 bits per heavy atom. The highest BCUT2D eigenvalue weighted by atomic mass is 32.2. The molecule has 150 valence electrons. The van der Waals surface area contributed by atoms with Gasteiger partial charge in [0.15, 0.2) is 5.75 Å². The number of anilines is 1. The molecule has 4 aromatic rings. The second kappa shape index (κ2) is 7.47. The van der Waals surface area contributed by atoms with Crippen LogP contribution < -0.4 is 14.3 Å². The first kappa shape index (κ1) is 19.4. The number of fused-ring (bicyclic) bond motifs is 1. The molecule has 0 radical (unpaired) electrons. The third kappa shape index (κ3) is 3.67. The van der Waals surface area contributed by atoms with Gasteiger partial charge in [-0.2, -0.15) is 18.8 Å². The largest absolute Gasteiger partial charge is 0.380 e. The fraction of sp³-hybridized carbons (Fsp3) is 0.0500. The predicted octanol–water partition coefficient (Wildman–Crippen LogP) is 2.45. The summed E-state index contributed by atoms with van der Waals surface area (Å²) in [6.07, 6.45) is 1.67. The molecule has 4 rings (SSSR count). The Balaban J connectivity index is 1.84. The number of hydrogen-bond acceptors (Lipinski definition) is 7. The van der Waals surface area contributed by atoms with Crippen molar-refractivity contribution in [2.75, 3.05) is 12.1 Å². The van der Waals surface area contributed by atoms with Gasteiger partial charge < -0.3 is 4.18 Å². The summed E-state index contributed by atoms with van der Waals surface area (Å²) in [5.74, 6) is 0.495. The van der Waals surface area contributed by atoms with Crippen molar-refractivity contribution < 1.29 is 12.6 Å². The van der Waals surface area contributed by atoms with Crippen LogP contribution in [0.4, 0.5) is 5.82 Å². The number of nitrogens with zero attached hydrogens (tertiary/aromatic N) is 5. The highest BCUT2D eigenvalue weighted by Gasteiger charge is 2.18. The van der Waals surface area contributed by atoms with Gasteiger partial charge in [0, 0.05) is 12.6 Å². The van der Waals surface area contributed by atoms with Crippen LogP contribution in [0, 0.1) is 11.3 Å². The molecule has 0 amide bonds. The van der Waals surface area contributed by atoms with E-state index >= 15 is 0 Å². The number of rotatable bonds is 5. The number of benzene rings is 2. The normalized spacial score (nSPS) is 11.2.